The molecule has 0 saturated carbocycles. The van der Waals surface area contributed by atoms with Gasteiger partial charge in [0.1, 0.15) is 0 Å². The third-order valence-electron chi connectivity index (χ3n) is 4.08. The van der Waals surface area contributed by atoms with Gasteiger partial charge in [-0.25, -0.2) is 0 Å². The smallest absolute Gasteiger partial charge is 0.255 e. The van der Waals surface area contributed by atoms with E-state index in [-0.39, 0.29) is 5.91 Å². The molecular weight excluding hydrogens is 310 g/mol. The van der Waals surface area contributed by atoms with E-state index in [2.05, 4.69) is 16.4 Å². The molecule has 0 spiro atoms. The number of carbonyl (C=O) groups is 1. The first-order valence-electron chi connectivity index (χ1n) is 7.82. The van der Waals surface area contributed by atoms with Crippen molar-refractivity contribution in [3.8, 4) is 0 Å². The quantitative estimate of drug-likeness (QED) is 0.911. The fourth-order valence-corrected chi connectivity index (χ4v) is 3.31. The maximum absolute atomic E-state index is 12.5. The molecule has 2 aromatic rings. The number of halogens is 1. The van der Waals surface area contributed by atoms with Gasteiger partial charge in [-0.15, -0.1) is 0 Å². The van der Waals surface area contributed by atoms with Gasteiger partial charge < -0.3 is 10.2 Å². The monoisotopic (exact) mass is 329 g/mol. The Kier molecular flexibility index (Phi) is 4.53. The van der Waals surface area contributed by atoms with Gasteiger partial charge in [-0.05, 0) is 49.9 Å². The molecule has 0 radical (unpaired) electrons. The number of likely N-dealkylation sites (tertiary alicyclic amines) is 1. The first-order valence-corrected chi connectivity index (χ1v) is 8.20. The molecule has 0 bridgehead atoms. The lowest BCUT2D eigenvalue weighted by Crippen LogP contribution is -2.27. The molecule has 2 heterocycles. The van der Waals surface area contributed by atoms with Gasteiger partial charge in [-0.3, -0.25) is 9.78 Å². The second-order valence-corrected chi connectivity index (χ2v) is 6.43. The van der Waals surface area contributed by atoms with Crippen LogP contribution in [0.1, 0.15) is 34.3 Å². The van der Waals surface area contributed by atoms with Crippen molar-refractivity contribution in [1.82, 2.24) is 9.88 Å². The number of nitrogens with zero attached hydrogens (tertiary/aromatic N) is 2. The summed E-state index contributed by atoms with van der Waals surface area (Å²) >= 11 is 6.33. The molecule has 23 heavy (non-hydrogen) atoms. The highest BCUT2D eigenvalue weighted by Crippen LogP contribution is 2.30. The van der Waals surface area contributed by atoms with Crippen molar-refractivity contribution in [2.45, 2.75) is 26.7 Å². The molecule has 1 aromatic heterocycles. The number of aromatic nitrogens is 1. The van der Waals surface area contributed by atoms with Crippen molar-refractivity contribution in [1.29, 1.82) is 0 Å². The van der Waals surface area contributed by atoms with Crippen LogP contribution in [0.5, 0.6) is 0 Å². The van der Waals surface area contributed by atoms with E-state index in [0.29, 0.717) is 10.6 Å². The van der Waals surface area contributed by atoms with Crippen LogP contribution in [0.25, 0.3) is 0 Å². The van der Waals surface area contributed by atoms with Crippen LogP contribution in [-0.2, 0) is 0 Å². The minimum Gasteiger partial charge on any atom is -0.353 e. The largest absolute Gasteiger partial charge is 0.353 e. The number of anilines is 2. The highest BCUT2D eigenvalue weighted by atomic mass is 35.5. The van der Waals surface area contributed by atoms with Crippen LogP contribution in [0.2, 0.25) is 5.02 Å². The predicted molar refractivity (Wildman–Crippen MR) is 93.6 cm³/mol. The van der Waals surface area contributed by atoms with Gasteiger partial charge in [-0.1, -0.05) is 17.7 Å². The number of carbonyl (C=O) groups excluding carboxylic acids is 1. The summed E-state index contributed by atoms with van der Waals surface area (Å²) in [4.78, 5) is 18.5. The highest BCUT2D eigenvalue weighted by molar-refractivity contribution is 6.33. The molecule has 4 nitrogen and oxygen atoms in total. The third kappa shape index (κ3) is 3.48. The molecule has 1 aromatic carbocycles. The van der Waals surface area contributed by atoms with Gasteiger partial charge in [0.15, 0.2) is 0 Å². The predicted octanol–water partition coefficient (Wildman–Crippen LogP) is 4.33. The van der Waals surface area contributed by atoms with Gasteiger partial charge in [0.25, 0.3) is 5.91 Å². The third-order valence-corrected chi connectivity index (χ3v) is 4.38. The summed E-state index contributed by atoms with van der Waals surface area (Å²) in [7, 11) is 0. The molecule has 120 valence electrons. The lowest BCUT2D eigenvalue weighted by Gasteiger charge is -2.16. The van der Waals surface area contributed by atoms with Crippen LogP contribution < -0.4 is 5.32 Å². The number of rotatable bonds is 3. The van der Waals surface area contributed by atoms with Gasteiger partial charge in [0.2, 0.25) is 0 Å². The lowest BCUT2D eigenvalue weighted by molar-refractivity contribution is 0.0792. The van der Waals surface area contributed by atoms with Crippen molar-refractivity contribution in [3.05, 3.63) is 52.3 Å². The number of amides is 1. The molecule has 0 unspecified atom stereocenters. The standard InChI is InChI=1S/C18H20ClN3O/c1-12-7-13(2)17(16(19)8-12)21-15-9-14(10-20-11-15)18(23)22-5-3-4-6-22/h7-11,21H,3-6H2,1-2H3. The second-order valence-electron chi connectivity index (χ2n) is 6.03. The Balaban J connectivity index is 1.84. The Bertz CT molecular complexity index is 716. The molecular formula is C18H20ClN3O. The summed E-state index contributed by atoms with van der Waals surface area (Å²) in [5.41, 5.74) is 4.41. The minimum atomic E-state index is 0.0466. The number of pyridine rings is 1. The van der Waals surface area contributed by atoms with Crippen LogP contribution >= 0.6 is 11.6 Å². The molecule has 1 N–H and O–H groups in total. The molecule has 3 rings (SSSR count). The van der Waals surface area contributed by atoms with Crippen molar-refractivity contribution in [2.24, 2.45) is 0 Å². The zero-order valence-corrected chi connectivity index (χ0v) is 14.2. The van der Waals surface area contributed by atoms with Crippen LogP contribution in [0.4, 0.5) is 11.4 Å². The Morgan fingerprint density at radius 2 is 1.91 bits per heavy atom. The molecule has 1 aliphatic rings. The van der Waals surface area contributed by atoms with Crippen molar-refractivity contribution in [3.63, 3.8) is 0 Å². The number of benzene rings is 1. The Morgan fingerprint density at radius 1 is 1.17 bits per heavy atom. The van der Waals surface area contributed by atoms with Gasteiger partial charge in [0, 0.05) is 19.3 Å². The van der Waals surface area contributed by atoms with E-state index in [0.717, 1.165) is 48.4 Å². The van der Waals surface area contributed by atoms with E-state index >= 15 is 0 Å². The van der Waals surface area contributed by atoms with Crippen LogP contribution in [0.15, 0.2) is 30.6 Å². The maximum Gasteiger partial charge on any atom is 0.255 e. The lowest BCUT2D eigenvalue weighted by atomic mass is 10.1. The van der Waals surface area contributed by atoms with Gasteiger partial charge >= 0.3 is 0 Å². The van der Waals surface area contributed by atoms with E-state index in [1.165, 1.54) is 0 Å². The minimum absolute atomic E-state index is 0.0466. The zero-order chi connectivity index (χ0) is 16.4. The normalized spacial score (nSPS) is 14.1. The van der Waals surface area contributed by atoms with Gasteiger partial charge in [-0.2, -0.15) is 0 Å². The van der Waals surface area contributed by atoms with Crippen molar-refractivity contribution >= 4 is 28.9 Å². The fourth-order valence-electron chi connectivity index (χ4n) is 2.95. The van der Waals surface area contributed by atoms with Gasteiger partial charge in [0.05, 0.1) is 28.2 Å². The topological polar surface area (TPSA) is 45.2 Å². The first kappa shape index (κ1) is 15.8. The molecule has 0 aliphatic carbocycles. The summed E-state index contributed by atoms with van der Waals surface area (Å²) < 4.78 is 0. The van der Waals surface area contributed by atoms with E-state index in [1.54, 1.807) is 12.4 Å². The average molecular weight is 330 g/mol. The number of nitrogens with one attached hydrogen (secondary N) is 1. The molecule has 0 atom stereocenters. The van der Waals surface area contributed by atoms with Crippen molar-refractivity contribution < 1.29 is 4.79 Å². The van der Waals surface area contributed by atoms with Crippen LogP contribution in [0, 0.1) is 13.8 Å². The number of hydrogen-bond donors (Lipinski definition) is 1. The summed E-state index contributed by atoms with van der Waals surface area (Å²) in [6, 6.07) is 5.83. The van der Waals surface area contributed by atoms with Crippen LogP contribution in [0.3, 0.4) is 0 Å². The fraction of sp³-hybridized carbons (Fsp3) is 0.333. The summed E-state index contributed by atoms with van der Waals surface area (Å²) in [5.74, 6) is 0.0466. The first-order chi connectivity index (χ1) is 11.0. The molecule has 1 saturated heterocycles. The Hall–Kier alpha value is -2.07. The SMILES string of the molecule is Cc1cc(C)c(Nc2cncc(C(=O)N3CCCC3)c2)c(Cl)c1. The highest BCUT2D eigenvalue weighted by Gasteiger charge is 2.20. The van der Waals surface area contributed by atoms with E-state index < -0.39 is 0 Å². The second kappa shape index (κ2) is 6.59. The molecule has 1 fully saturated rings. The molecule has 1 amide bonds. The molecule has 5 heteroatoms. The maximum atomic E-state index is 12.5. The number of aryl methyl sites for hydroxylation is 2. The Labute approximate surface area is 141 Å². The Morgan fingerprint density at radius 3 is 2.61 bits per heavy atom. The average Bonchev–Trinajstić information content (AvgIpc) is 3.05. The summed E-state index contributed by atoms with van der Waals surface area (Å²) in [5, 5.41) is 3.95. The zero-order valence-electron chi connectivity index (χ0n) is 13.4. The van der Waals surface area contributed by atoms with E-state index in [4.69, 9.17) is 11.6 Å². The summed E-state index contributed by atoms with van der Waals surface area (Å²) in [6.07, 6.45) is 5.48. The van der Waals surface area contributed by atoms with E-state index in [1.807, 2.05) is 30.9 Å². The van der Waals surface area contributed by atoms with Crippen molar-refractivity contribution in [2.75, 3.05) is 18.4 Å². The van der Waals surface area contributed by atoms with Crippen LogP contribution in [-0.4, -0.2) is 28.9 Å². The summed E-state index contributed by atoms with van der Waals surface area (Å²) in [6.45, 7) is 5.69. The number of hydrogen-bond acceptors (Lipinski definition) is 3. The molecule has 1 aliphatic heterocycles. The van der Waals surface area contributed by atoms with E-state index in [9.17, 15) is 4.79 Å².